The Morgan fingerprint density at radius 3 is 1.86 bits per heavy atom. The minimum Gasteiger partial charge on any atom is -0.309 e. The summed E-state index contributed by atoms with van der Waals surface area (Å²) in [4.78, 5) is 10.1. The number of nitrogens with zero attached hydrogens (tertiary/aromatic N) is 4. The van der Waals surface area contributed by atoms with E-state index in [1.165, 1.54) is 71.5 Å². The normalized spacial score (nSPS) is 12.2. The summed E-state index contributed by atoms with van der Waals surface area (Å²) in [7, 11) is 0. The number of aromatic nitrogens is 4. The summed E-state index contributed by atoms with van der Waals surface area (Å²) >= 11 is 0. The molecule has 10 aromatic rings. The summed E-state index contributed by atoms with van der Waals surface area (Å²) < 4.78 is 4.62. The van der Waals surface area contributed by atoms with E-state index in [0.717, 1.165) is 28.8 Å². The first-order valence-corrected chi connectivity index (χ1v) is 17.5. The molecule has 51 heavy (non-hydrogen) atoms. The van der Waals surface area contributed by atoms with Gasteiger partial charge in [-0.1, -0.05) is 121 Å². The molecule has 0 radical (unpaired) electrons. The van der Waals surface area contributed by atoms with Crippen molar-refractivity contribution in [3.8, 4) is 45.1 Å². The van der Waals surface area contributed by atoms with Crippen LogP contribution in [0.5, 0.6) is 0 Å². The highest BCUT2D eigenvalue weighted by Crippen LogP contribution is 2.39. The minimum absolute atomic E-state index is 0.702. The monoisotopic (exact) mass is 650 g/mol. The Morgan fingerprint density at radius 1 is 0.412 bits per heavy atom. The van der Waals surface area contributed by atoms with E-state index in [1.54, 1.807) is 0 Å². The van der Waals surface area contributed by atoms with Crippen LogP contribution >= 0.6 is 0 Å². The first-order valence-electron chi connectivity index (χ1n) is 17.5. The molecular weight excluding hydrogens is 621 g/mol. The number of rotatable bonds is 4. The molecule has 0 saturated heterocycles. The third kappa shape index (κ3) is 4.26. The van der Waals surface area contributed by atoms with Crippen molar-refractivity contribution in [2.24, 2.45) is 0 Å². The molecule has 0 aliphatic heterocycles. The van der Waals surface area contributed by atoms with Gasteiger partial charge in [-0.3, -0.25) is 4.57 Å². The van der Waals surface area contributed by atoms with Gasteiger partial charge in [0.1, 0.15) is 0 Å². The molecule has 0 fully saturated rings. The fourth-order valence-corrected chi connectivity index (χ4v) is 8.21. The average Bonchev–Trinajstić information content (AvgIpc) is 3.85. The van der Waals surface area contributed by atoms with Crippen molar-refractivity contribution in [3.63, 3.8) is 0 Å². The maximum absolute atomic E-state index is 5.18. The predicted octanol–water partition coefficient (Wildman–Crippen LogP) is 11.6. The second kappa shape index (κ2) is 10.9. The van der Waals surface area contributed by atoms with Crippen LogP contribution in [0.25, 0.3) is 88.8 Å². The zero-order chi connectivity index (χ0) is 33.5. The Hall–Kier alpha value is -6.78. The van der Waals surface area contributed by atoms with Gasteiger partial charge in [-0.05, 0) is 70.3 Å². The van der Waals surface area contributed by atoms with Gasteiger partial charge in [0.2, 0.25) is 5.95 Å². The van der Waals surface area contributed by atoms with E-state index in [2.05, 4.69) is 173 Å². The van der Waals surface area contributed by atoms with Gasteiger partial charge in [0.15, 0.2) is 0 Å². The van der Waals surface area contributed by atoms with E-state index in [4.69, 9.17) is 9.97 Å². The fraction of sp³-hybridized carbons (Fsp3) is 0.0213. The number of fused-ring (bicyclic) bond motifs is 9. The van der Waals surface area contributed by atoms with Crippen LogP contribution in [-0.2, 0) is 6.42 Å². The summed E-state index contributed by atoms with van der Waals surface area (Å²) in [6.07, 6.45) is 2.89. The van der Waals surface area contributed by atoms with Crippen LogP contribution in [0.2, 0.25) is 0 Å². The number of para-hydroxylation sites is 2. The lowest BCUT2D eigenvalue weighted by Gasteiger charge is -2.11. The molecule has 0 bridgehead atoms. The van der Waals surface area contributed by atoms with Crippen LogP contribution < -0.4 is 0 Å². The largest absolute Gasteiger partial charge is 0.309 e. The van der Waals surface area contributed by atoms with Gasteiger partial charge in [-0.2, -0.15) is 0 Å². The lowest BCUT2D eigenvalue weighted by Crippen LogP contribution is -2.02. The molecule has 11 rings (SSSR count). The Bertz CT molecular complexity index is 2980. The SMILES string of the molecule is c1ccc(-c2ccc(-n3c4ccccc4c4ccc(-c5ccc6c(c5)c5ccccc5n6-c5ncc6c(n5)-c5ccccc5C6)cc43)cc2)cc1. The van der Waals surface area contributed by atoms with Crippen LogP contribution in [0.15, 0.2) is 170 Å². The van der Waals surface area contributed by atoms with Crippen molar-refractivity contribution in [3.05, 3.63) is 181 Å². The molecular formula is C47H30N4. The number of benzene rings is 7. The third-order valence-electron chi connectivity index (χ3n) is 10.6. The van der Waals surface area contributed by atoms with Crippen LogP contribution in [0, 0.1) is 0 Å². The summed E-state index contributed by atoms with van der Waals surface area (Å²) in [5.74, 6) is 0.702. The first-order chi connectivity index (χ1) is 25.3. The maximum atomic E-state index is 5.18. The summed E-state index contributed by atoms with van der Waals surface area (Å²) in [5.41, 5.74) is 15.3. The van der Waals surface area contributed by atoms with Gasteiger partial charge in [0, 0.05) is 51.0 Å². The molecule has 0 N–H and O–H groups in total. The second-order valence-corrected chi connectivity index (χ2v) is 13.5. The second-order valence-electron chi connectivity index (χ2n) is 13.5. The van der Waals surface area contributed by atoms with Crippen molar-refractivity contribution in [1.82, 2.24) is 19.1 Å². The van der Waals surface area contributed by atoms with Crippen LogP contribution in [0.4, 0.5) is 0 Å². The molecule has 3 aromatic heterocycles. The molecule has 7 aromatic carbocycles. The molecule has 0 atom stereocenters. The zero-order valence-corrected chi connectivity index (χ0v) is 27.7. The molecule has 0 saturated carbocycles. The number of hydrogen-bond acceptors (Lipinski definition) is 2. The molecule has 0 unspecified atom stereocenters. The highest BCUT2D eigenvalue weighted by Gasteiger charge is 2.23. The molecule has 1 aliphatic rings. The van der Waals surface area contributed by atoms with Crippen LogP contribution in [0.3, 0.4) is 0 Å². The quantitative estimate of drug-likeness (QED) is 0.190. The van der Waals surface area contributed by atoms with E-state index in [0.29, 0.717) is 5.95 Å². The summed E-state index contributed by atoms with van der Waals surface area (Å²) in [6, 6.07) is 59.1. The molecule has 4 nitrogen and oxygen atoms in total. The number of hydrogen-bond donors (Lipinski definition) is 0. The van der Waals surface area contributed by atoms with Gasteiger partial charge >= 0.3 is 0 Å². The van der Waals surface area contributed by atoms with E-state index < -0.39 is 0 Å². The van der Waals surface area contributed by atoms with Crippen molar-refractivity contribution in [1.29, 1.82) is 0 Å². The van der Waals surface area contributed by atoms with Crippen molar-refractivity contribution < 1.29 is 0 Å². The third-order valence-corrected chi connectivity index (χ3v) is 10.6. The minimum atomic E-state index is 0.702. The molecule has 4 heteroatoms. The molecule has 0 amide bonds. The van der Waals surface area contributed by atoms with Gasteiger partial charge in [-0.25, -0.2) is 9.97 Å². The fourth-order valence-electron chi connectivity index (χ4n) is 8.21. The highest BCUT2D eigenvalue weighted by molar-refractivity contribution is 6.12. The van der Waals surface area contributed by atoms with Crippen molar-refractivity contribution in [2.45, 2.75) is 6.42 Å². The van der Waals surface area contributed by atoms with E-state index in [9.17, 15) is 0 Å². The lowest BCUT2D eigenvalue weighted by atomic mass is 10.0. The average molecular weight is 651 g/mol. The summed E-state index contributed by atoms with van der Waals surface area (Å²) in [6.45, 7) is 0. The molecule has 1 aliphatic carbocycles. The van der Waals surface area contributed by atoms with Gasteiger partial charge in [0.25, 0.3) is 0 Å². The maximum Gasteiger partial charge on any atom is 0.235 e. The van der Waals surface area contributed by atoms with Gasteiger partial charge in [0.05, 0.1) is 27.8 Å². The first kappa shape index (κ1) is 28.1. The smallest absolute Gasteiger partial charge is 0.235 e. The van der Waals surface area contributed by atoms with Gasteiger partial charge < -0.3 is 4.57 Å². The Kier molecular flexibility index (Phi) is 5.98. The Morgan fingerprint density at radius 2 is 1.02 bits per heavy atom. The van der Waals surface area contributed by atoms with E-state index in [1.807, 2.05) is 6.20 Å². The van der Waals surface area contributed by atoms with Crippen LogP contribution in [0.1, 0.15) is 11.1 Å². The Labute approximate surface area is 294 Å². The molecule has 0 spiro atoms. The van der Waals surface area contributed by atoms with Crippen LogP contribution in [-0.4, -0.2) is 19.1 Å². The van der Waals surface area contributed by atoms with E-state index in [-0.39, 0.29) is 0 Å². The van der Waals surface area contributed by atoms with Crippen molar-refractivity contribution in [2.75, 3.05) is 0 Å². The molecule has 3 heterocycles. The van der Waals surface area contributed by atoms with Crippen molar-refractivity contribution >= 4 is 43.6 Å². The van der Waals surface area contributed by atoms with Gasteiger partial charge in [-0.15, -0.1) is 0 Å². The topological polar surface area (TPSA) is 35.6 Å². The lowest BCUT2D eigenvalue weighted by molar-refractivity contribution is 0.980. The van der Waals surface area contributed by atoms with E-state index >= 15 is 0 Å². The Balaban J connectivity index is 1.06. The highest BCUT2D eigenvalue weighted by atomic mass is 15.2. The standard InChI is InChI=1S/C47H30N4/c1-2-10-30(11-3-1)31-18-22-36(23-19-31)50-42-16-8-6-14-38(42)40-24-20-33(28-45(40)50)32-21-25-44-41(27-32)39-15-7-9-17-43(39)51(44)47-48-29-35-26-34-12-4-5-13-37(34)46(35)49-47/h1-25,27-29H,26H2. The predicted molar refractivity (Wildman–Crippen MR) is 210 cm³/mol. The zero-order valence-electron chi connectivity index (χ0n) is 27.7. The summed E-state index contributed by atoms with van der Waals surface area (Å²) in [5, 5.41) is 4.87. The molecule has 238 valence electrons.